The van der Waals surface area contributed by atoms with Crippen molar-refractivity contribution in [3.05, 3.63) is 101 Å². The van der Waals surface area contributed by atoms with Crippen LogP contribution in [0.25, 0.3) is 27.5 Å². The molecule has 1 fully saturated rings. The van der Waals surface area contributed by atoms with Crippen molar-refractivity contribution in [1.82, 2.24) is 24.3 Å². The number of rotatable bonds is 7. The monoisotopic (exact) mass is 521 g/mol. The number of benzene rings is 1. The first-order valence-corrected chi connectivity index (χ1v) is 14.3. The molecule has 0 aliphatic heterocycles. The Balaban J connectivity index is 0.00000151. The molecule has 0 bridgehead atoms. The number of nitrogens with one attached hydrogen (secondary N) is 1. The summed E-state index contributed by atoms with van der Waals surface area (Å²) in [6, 6.07) is 16.3. The van der Waals surface area contributed by atoms with Crippen LogP contribution in [0.4, 0.5) is 0 Å². The van der Waals surface area contributed by atoms with Gasteiger partial charge in [-0.1, -0.05) is 70.0 Å². The molecular weight excluding hydrogens is 482 g/mol. The second-order valence-electron chi connectivity index (χ2n) is 10.6. The number of pyridine rings is 3. The maximum absolute atomic E-state index is 13.3. The zero-order chi connectivity index (χ0) is 27.2. The van der Waals surface area contributed by atoms with E-state index < -0.39 is 0 Å². The second-order valence-corrected chi connectivity index (χ2v) is 10.6. The summed E-state index contributed by atoms with van der Waals surface area (Å²) in [5.74, 6) is 1.70. The molecular formula is C33H39N5O. The molecule has 6 nitrogen and oxygen atoms in total. The molecule has 202 valence electrons. The summed E-state index contributed by atoms with van der Waals surface area (Å²) in [7, 11) is 0. The molecule has 0 radical (unpaired) electrons. The Morgan fingerprint density at radius 2 is 1.72 bits per heavy atom. The second kappa shape index (κ2) is 12.4. The van der Waals surface area contributed by atoms with Crippen molar-refractivity contribution >= 4 is 16.4 Å². The number of imidazole rings is 1. The van der Waals surface area contributed by atoms with Crippen LogP contribution in [0, 0.1) is 11.8 Å². The fourth-order valence-corrected chi connectivity index (χ4v) is 5.58. The maximum Gasteiger partial charge on any atom is 0.260 e. The summed E-state index contributed by atoms with van der Waals surface area (Å²) in [5, 5.41) is 5.19. The predicted octanol–water partition coefficient (Wildman–Crippen LogP) is 6.70. The van der Waals surface area contributed by atoms with Gasteiger partial charge in [0.1, 0.15) is 5.65 Å². The minimum Gasteiger partial charge on any atom is -0.312 e. The normalized spacial score (nSPS) is 17.2. The SMILES string of the molecule is CC.CC1CCC(CNCc2ccc3nc(Cn4ccc5c(-c6ccccc6)cncc5c4=O)cn3c2)CC1. The molecule has 5 aromatic rings. The van der Waals surface area contributed by atoms with Crippen molar-refractivity contribution in [2.45, 2.75) is 59.5 Å². The van der Waals surface area contributed by atoms with E-state index >= 15 is 0 Å². The molecule has 1 aliphatic carbocycles. The van der Waals surface area contributed by atoms with Gasteiger partial charge in [0.25, 0.3) is 5.56 Å². The van der Waals surface area contributed by atoms with Crippen molar-refractivity contribution in [2.24, 2.45) is 11.8 Å². The number of fused-ring (bicyclic) bond motifs is 2. The van der Waals surface area contributed by atoms with Gasteiger partial charge < -0.3 is 14.3 Å². The first-order valence-electron chi connectivity index (χ1n) is 14.3. The molecule has 4 heterocycles. The summed E-state index contributed by atoms with van der Waals surface area (Å²) < 4.78 is 3.78. The molecule has 0 saturated heterocycles. The third-order valence-electron chi connectivity index (χ3n) is 7.78. The zero-order valence-corrected chi connectivity index (χ0v) is 23.3. The summed E-state index contributed by atoms with van der Waals surface area (Å²) in [6.07, 6.45) is 14.9. The van der Waals surface area contributed by atoms with Crippen LogP contribution in [0.2, 0.25) is 0 Å². The number of aromatic nitrogens is 4. The van der Waals surface area contributed by atoms with Gasteiger partial charge in [-0.3, -0.25) is 9.78 Å². The lowest BCUT2D eigenvalue weighted by atomic mass is 9.83. The Morgan fingerprint density at radius 3 is 2.51 bits per heavy atom. The highest BCUT2D eigenvalue weighted by Gasteiger charge is 2.17. The lowest BCUT2D eigenvalue weighted by Crippen LogP contribution is -2.25. The van der Waals surface area contributed by atoms with Crippen LogP contribution >= 0.6 is 0 Å². The average molecular weight is 522 g/mol. The Labute approximate surface area is 230 Å². The van der Waals surface area contributed by atoms with Gasteiger partial charge >= 0.3 is 0 Å². The van der Waals surface area contributed by atoms with Gasteiger partial charge in [0, 0.05) is 43.1 Å². The first kappa shape index (κ1) is 26.8. The maximum atomic E-state index is 13.3. The van der Waals surface area contributed by atoms with E-state index in [9.17, 15) is 4.79 Å². The quantitative estimate of drug-likeness (QED) is 0.259. The van der Waals surface area contributed by atoms with Crippen LogP contribution in [0.1, 0.15) is 57.7 Å². The Bertz CT molecular complexity index is 1580. The minimum atomic E-state index is -0.0539. The fraction of sp³-hybridized carbons (Fsp3) is 0.364. The molecule has 1 aliphatic rings. The predicted molar refractivity (Wildman–Crippen MR) is 160 cm³/mol. The smallest absolute Gasteiger partial charge is 0.260 e. The van der Waals surface area contributed by atoms with E-state index in [-0.39, 0.29) is 5.56 Å². The zero-order valence-electron chi connectivity index (χ0n) is 23.3. The van der Waals surface area contributed by atoms with Crippen LogP contribution in [-0.2, 0) is 13.1 Å². The van der Waals surface area contributed by atoms with E-state index in [1.165, 1.54) is 31.2 Å². The summed E-state index contributed by atoms with van der Waals surface area (Å²) in [5.41, 5.74) is 4.95. The number of hydrogen-bond acceptors (Lipinski definition) is 4. The molecule has 6 heteroatoms. The van der Waals surface area contributed by atoms with Crippen LogP contribution < -0.4 is 10.9 Å². The summed E-state index contributed by atoms with van der Waals surface area (Å²) in [6.45, 7) is 8.73. The van der Waals surface area contributed by atoms with E-state index in [4.69, 9.17) is 4.98 Å². The van der Waals surface area contributed by atoms with Crippen LogP contribution in [0.5, 0.6) is 0 Å². The van der Waals surface area contributed by atoms with Gasteiger partial charge in [0.05, 0.1) is 17.6 Å². The Hall–Kier alpha value is -3.77. The molecule has 0 unspecified atom stereocenters. The molecule has 0 spiro atoms. The van der Waals surface area contributed by atoms with E-state index in [0.717, 1.165) is 52.8 Å². The fourth-order valence-electron chi connectivity index (χ4n) is 5.58. The summed E-state index contributed by atoms with van der Waals surface area (Å²) in [4.78, 5) is 22.5. The third kappa shape index (κ3) is 6.12. The van der Waals surface area contributed by atoms with Gasteiger partial charge in [0.15, 0.2) is 0 Å². The lowest BCUT2D eigenvalue weighted by molar-refractivity contribution is 0.281. The molecule has 6 rings (SSSR count). The minimum absolute atomic E-state index is 0.0539. The van der Waals surface area contributed by atoms with Crippen LogP contribution in [0.15, 0.2) is 84.3 Å². The molecule has 4 aromatic heterocycles. The van der Waals surface area contributed by atoms with E-state index in [1.54, 1.807) is 10.8 Å². The van der Waals surface area contributed by atoms with Crippen molar-refractivity contribution in [2.75, 3.05) is 6.54 Å². The standard InChI is InChI=1S/C31H33N5O.C2H6/c1-22-7-9-23(10-8-22)15-32-16-24-11-12-30-34-26(21-36(30)19-24)20-35-14-13-27-28(25-5-3-2-4-6-25)17-33-18-29(27)31(35)37;1-2/h2-6,11-14,17-19,21-23,32H,7-10,15-16,20H2,1H3;1-2H3. The Morgan fingerprint density at radius 1 is 0.923 bits per heavy atom. The highest BCUT2D eigenvalue weighted by atomic mass is 16.1. The molecule has 1 aromatic carbocycles. The van der Waals surface area contributed by atoms with Crippen molar-refractivity contribution in [3.63, 3.8) is 0 Å². The first-order chi connectivity index (χ1) is 19.1. The number of nitrogens with zero attached hydrogens (tertiary/aromatic N) is 4. The van der Waals surface area contributed by atoms with Crippen molar-refractivity contribution in [3.8, 4) is 11.1 Å². The molecule has 1 N–H and O–H groups in total. The van der Waals surface area contributed by atoms with Gasteiger partial charge in [-0.25, -0.2) is 4.98 Å². The third-order valence-corrected chi connectivity index (χ3v) is 7.78. The van der Waals surface area contributed by atoms with Crippen LogP contribution in [0.3, 0.4) is 0 Å². The largest absolute Gasteiger partial charge is 0.312 e. The van der Waals surface area contributed by atoms with Gasteiger partial charge in [-0.2, -0.15) is 0 Å². The van der Waals surface area contributed by atoms with Crippen molar-refractivity contribution < 1.29 is 0 Å². The van der Waals surface area contributed by atoms with E-state index in [0.29, 0.717) is 11.9 Å². The van der Waals surface area contributed by atoms with E-state index in [2.05, 4.69) is 40.0 Å². The molecule has 0 amide bonds. The van der Waals surface area contributed by atoms with E-state index in [1.807, 2.05) is 68.8 Å². The average Bonchev–Trinajstić information content (AvgIpc) is 3.38. The van der Waals surface area contributed by atoms with Crippen molar-refractivity contribution in [1.29, 1.82) is 0 Å². The highest BCUT2D eigenvalue weighted by molar-refractivity contribution is 5.95. The molecule has 1 saturated carbocycles. The summed E-state index contributed by atoms with van der Waals surface area (Å²) >= 11 is 0. The lowest BCUT2D eigenvalue weighted by Gasteiger charge is -2.26. The molecule has 39 heavy (non-hydrogen) atoms. The van der Waals surface area contributed by atoms with Crippen LogP contribution in [-0.4, -0.2) is 25.5 Å². The Kier molecular flexibility index (Phi) is 8.52. The number of hydrogen-bond donors (Lipinski definition) is 1. The van der Waals surface area contributed by atoms with Gasteiger partial charge in [-0.05, 0) is 59.9 Å². The molecule has 0 atom stereocenters. The topological polar surface area (TPSA) is 64.2 Å². The van der Waals surface area contributed by atoms with Gasteiger partial charge in [-0.15, -0.1) is 0 Å². The highest BCUT2D eigenvalue weighted by Crippen LogP contribution is 2.28. The van der Waals surface area contributed by atoms with Gasteiger partial charge in [0.2, 0.25) is 0 Å².